The fourth-order valence-electron chi connectivity index (χ4n) is 1.48. The van der Waals surface area contributed by atoms with Gasteiger partial charge in [0.15, 0.2) is 0 Å². The van der Waals surface area contributed by atoms with Crippen LogP contribution in [0.3, 0.4) is 0 Å². The maximum atomic E-state index is 8.80. The van der Waals surface area contributed by atoms with Gasteiger partial charge in [0.05, 0.1) is 17.1 Å². The summed E-state index contributed by atoms with van der Waals surface area (Å²) in [6, 6.07) is 9.68. The Morgan fingerprint density at radius 2 is 1.84 bits per heavy atom. The molecular formula is C16H24N2O. The molecule has 0 spiro atoms. The third-order valence-electron chi connectivity index (χ3n) is 2.22. The summed E-state index contributed by atoms with van der Waals surface area (Å²) < 4.78 is 1.72. The number of hydrogen-bond acceptors (Lipinski definition) is 2. The second kappa shape index (κ2) is 10.0. The monoisotopic (exact) mass is 260 g/mol. The fourth-order valence-corrected chi connectivity index (χ4v) is 1.48. The molecule has 0 aliphatic heterocycles. The number of fused-ring (bicyclic) bond motifs is 1. The van der Waals surface area contributed by atoms with Gasteiger partial charge < -0.3 is 4.84 Å². The van der Waals surface area contributed by atoms with Gasteiger partial charge in [-0.3, -0.25) is 0 Å². The lowest BCUT2D eigenvalue weighted by molar-refractivity contribution is 0.121. The third-order valence-corrected chi connectivity index (χ3v) is 2.22. The molecule has 0 N–H and O–H groups in total. The van der Waals surface area contributed by atoms with Crippen molar-refractivity contribution in [1.29, 1.82) is 5.26 Å². The van der Waals surface area contributed by atoms with Crippen LogP contribution in [0.1, 0.15) is 46.6 Å². The molecule has 0 saturated heterocycles. The van der Waals surface area contributed by atoms with Crippen molar-refractivity contribution in [3.63, 3.8) is 0 Å². The summed E-state index contributed by atoms with van der Waals surface area (Å²) in [5, 5.41) is 9.89. The van der Waals surface area contributed by atoms with Crippen LogP contribution in [0.5, 0.6) is 0 Å². The quantitative estimate of drug-likeness (QED) is 0.820. The number of nitrogens with zero attached hydrogens (tertiary/aromatic N) is 2. The lowest BCUT2D eigenvalue weighted by atomic mass is 10.2. The van der Waals surface area contributed by atoms with Crippen LogP contribution < -0.4 is 4.84 Å². The molecule has 0 aliphatic carbocycles. The van der Waals surface area contributed by atoms with Crippen LogP contribution in [-0.4, -0.2) is 11.3 Å². The molecule has 3 heteroatoms. The number of aromatic nitrogens is 1. The van der Waals surface area contributed by atoms with Crippen molar-refractivity contribution in [2.24, 2.45) is 0 Å². The zero-order chi connectivity index (χ0) is 14.7. The highest BCUT2D eigenvalue weighted by Gasteiger charge is 2.02. The van der Waals surface area contributed by atoms with Crippen molar-refractivity contribution < 1.29 is 4.84 Å². The van der Waals surface area contributed by atoms with Crippen LogP contribution in [0.15, 0.2) is 30.5 Å². The third kappa shape index (κ3) is 4.67. The summed E-state index contributed by atoms with van der Waals surface area (Å²) in [5.41, 5.74) is 1.60. The summed E-state index contributed by atoms with van der Waals surface area (Å²) in [6.45, 7) is 10.7. The molecule has 1 aromatic heterocycles. The van der Waals surface area contributed by atoms with Crippen LogP contribution in [0, 0.1) is 11.3 Å². The van der Waals surface area contributed by atoms with Crippen LogP contribution in [-0.2, 0) is 0 Å². The zero-order valence-corrected chi connectivity index (χ0v) is 12.6. The van der Waals surface area contributed by atoms with Crippen LogP contribution >= 0.6 is 0 Å². The molecule has 0 radical (unpaired) electrons. The van der Waals surface area contributed by atoms with E-state index in [9.17, 15) is 0 Å². The summed E-state index contributed by atoms with van der Waals surface area (Å²) in [5.74, 6) is 0. The first-order valence-electron chi connectivity index (χ1n) is 6.99. The van der Waals surface area contributed by atoms with Crippen molar-refractivity contribution in [2.75, 3.05) is 6.61 Å². The van der Waals surface area contributed by atoms with Gasteiger partial charge in [0.2, 0.25) is 0 Å². The van der Waals surface area contributed by atoms with Crippen molar-refractivity contribution in [1.82, 2.24) is 4.73 Å². The molecule has 1 aromatic carbocycles. The Bertz CT molecular complexity index is 509. The highest BCUT2D eigenvalue weighted by molar-refractivity contribution is 5.81. The van der Waals surface area contributed by atoms with Crippen molar-refractivity contribution in [3.8, 4) is 6.07 Å². The normalized spacial score (nSPS) is 8.63. The van der Waals surface area contributed by atoms with Gasteiger partial charge in [-0.15, -0.1) is 0 Å². The average Bonchev–Trinajstić information content (AvgIpc) is 2.91. The van der Waals surface area contributed by atoms with E-state index in [1.165, 1.54) is 0 Å². The Labute approximate surface area is 116 Å². The molecular weight excluding hydrogens is 236 g/mol. The van der Waals surface area contributed by atoms with Crippen molar-refractivity contribution in [2.45, 2.75) is 41.0 Å². The lowest BCUT2D eigenvalue weighted by Gasteiger charge is -2.06. The Kier molecular flexibility index (Phi) is 8.99. The van der Waals surface area contributed by atoms with E-state index in [0.29, 0.717) is 12.2 Å². The number of benzene rings is 1. The first kappa shape index (κ1) is 17.1. The van der Waals surface area contributed by atoms with E-state index in [0.717, 1.165) is 17.3 Å². The maximum Gasteiger partial charge on any atom is 0.114 e. The molecule has 0 aliphatic rings. The predicted molar refractivity (Wildman–Crippen MR) is 81.1 cm³/mol. The summed E-state index contributed by atoms with van der Waals surface area (Å²) in [6.07, 6.45) is 2.85. The average molecular weight is 260 g/mol. The standard InChI is InChI=1S/C12H12N2O.2C2H6/c1-2-7-15-14-6-5-11-4-3-10(9-13)8-12(11)14;2*1-2/h3-6,8H,2,7H2,1H3;2*1-2H3. The molecule has 2 rings (SSSR count). The van der Waals surface area contributed by atoms with E-state index in [4.69, 9.17) is 10.1 Å². The Hall–Kier alpha value is -1.95. The van der Waals surface area contributed by atoms with Gasteiger partial charge in [-0.1, -0.05) is 40.7 Å². The predicted octanol–water partition coefficient (Wildman–Crippen LogP) is 4.40. The van der Waals surface area contributed by atoms with E-state index < -0.39 is 0 Å². The van der Waals surface area contributed by atoms with Crippen LogP contribution in [0.2, 0.25) is 0 Å². The van der Waals surface area contributed by atoms with Gasteiger partial charge in [0.25, 0.3) is 0 Å². The number of rotatable bonds is 3. The van der Waals surface area contributed by atoms with E-state index in [-0.39, 0.29) is 0 Å². The molecule has 0 saturated carbocycles. The second-order valence-electron chi connectivity index (χ2n) is 3.36. The minimum Gasteiger partial charge on any atom is -0.414 e. The molecule has 3 nitrogen and oxygen atoms in total. The zero-order valence-electron chi connectivity index (χ0n) is 12.6. The number of hydrogen-bond donors (Lipinski definition) is 0. The fraction of sp³-hybridized carbons (Fsp3) is 0.438. The van der Waals surface area contributed by atoms with Crippen molar-refractivity contribution in [3.05, 3.63) is 36.0 Å². The molecule has 0 amide bonds. The van der Waals surface area contributed by atoms with E-state index in [2.05, 4.69) is 13.0 Å². The summed E-state index contributed by atoms with van der Waals surface area (Å²) in [4.78, 5) is 5.52. The van der Waals surface area contributed by atoms with Gasteiger partial charge >= 0.3 is 0 Å². The highest BCUT2D eigenvalue weighted by Crippen LogP contribution is 2.16. The smallest absolute Gasteiger partial charge is 0.114 e. The van der Waals surface area contributed by atoms with Gasteiger partial charge in [-0.05, 0) is 24.6 Å². The summed E-state index contributed by atoms with van der Waals surface area (Å²) >= 11 is 0. The van der Waals surface area contributed by atoms with Gasteiger partial charge in [-0.2, -0.15) is 9.99 Å². The van der Waals surface area contributed by atoms with Gasteiger partial charge in [0.1, 0.15) is 6.61 Å². The van der Waals surface area contributed by atoms with Crippen LogP contribution in [0.25, 0.3) is 10.9 Å². The molecule has 1 heterocycles. The molecule has 0 unspecified atom stereocenters. The SMILES string of the molecule is CC.CC.CCCOn1ccc2ccc(C#N)cc21. The first-order chi connectivity index (χ1) is 9.35. The van der Waals surface area contributed by atoms with Gasteiger partial charge in [0, 0.05) is 11.6 Å². The molecule has 2 aromatic rings. The highest BCUT2D eigenvalue weighted by atomic mass is 16.7. The Balaban J connectivity index is 0.000000741. The molecule has 19 heavy (non-hydrogen) atoms. The first-order valence-corrected chi connectivity index (χ1v) is 6.99. The molecule has 0 bridgehead atoms. The topological polar surface area (TPSA) is 38.0 Å². The Morgan fingerprint density at radius 3 is 2.42 bits per heavy atom. The van der Waals surface area contributed by atoms with E-state index in [1.54, 1.807) is 4.73 Å². The minimum atomic E-state index is 0.655. The van der Waals surface area contributed by atoms with E-state index >= 15 is 0 Å². The largest absolute Gasteiger partial charge is 0.414 e. The molecule has 0 atom stereocenters. The second-order valence-corrected chi connectivity index (χ2v) is 3.36. The number of nitriles is 1. The maximum absolute atomic E-state index is 8.80. The summed E-state index contributed by atoms with van der Waals surface area (Å²) in [7, 11) is 0. The Morgan fingerprint density at radius 1 is 1.16 bits per heavy atom. The minimum absolute atomic E-state index is 0.655. The van der Waals surface area contributed by atoms with Crippen molar-refractivity contribution >= 4 is 10.9 Å². The molecule has 104 valence electrons. The van der Waals surface area contributed by atoms with Crippen LogP contribution in [0.4, 0.5) is 0 Å². The molecule has 0 fully saturated rings. The van der Waals surface area contributed by atoms with Gasteiger partial charge in [-0.25, -0.2) is 0 Å². The van der Waals surface area contributed by atoms with E-state index in [1.807, 2.05) is 58.2 Å². The lowest BCUT2D eigenvalue weighted by Crippen LogP contribution is -2.10.